The zero-order valence-electron chi connectivity index (χ0n) is 38.9. The lowest BCUT2D eigenvalue weighted by Crippen LogP contribution is -2.24. The van der Waals surface area contributed by atoms with E-state index in [0.29, 0.717) is 34.1 Å². The molecular formula is C60H66N2O4. The molecule has 9 rings (SSSR count). The van der Waals surface area contributed by atoms with Crippen molar-refractivity contribution in [3.8, 4) is 56.0 Å². The van der Waals surface area contributed by atoms with Gasteiger partial charge >= 0.3 is 0 Å². The molecular weight excluding hydrogens is 813 g/mol. The van der Waals surface area contributed by atoms with Crippen molar-refractivity contribution in [1.29, 1.82) is 0 Å². The minimum atomic E-state index is -0.662. The molecule has 0 spiro atoms. The second-order valence-electron chi connectivity index (χ2n) is 19.7. The number of aromatic hydroxyl groups is 2. The summed E-state index contributed by atoms with van der Waals surface area (Å²) in [4.78, 5) is 28.6. The van der Waals surface area contributed by atoms with Gasteiger partial charge in [0.25, 0.3) is 0 Å². The SMILES string of the molecule is CCCCCC1CCC(c2ccc(-c3ccc(-c4cc(N)c5c(c4O)C(=O)c4c(N)cc(-c6ccc(-c7ccc(C8CCC(CCCCC)CC8)cc7)cc6)c(O)c4C5=O)cc3)cc2)CC1. The third-order valence-electron chi connectivity index (χ3n) is 15.5. The maximum Gasteiger partial charge on any atom is 0.200 e. The van der Waals surface area contributed by atoms with Crippen LogP contribution < -0.4 is 11.5 Å². The molecule has 0 unspecified atom stereocenters. The van der Waals surface area contributed by atoms with Gasteiger partial charge in [0, 0.05) is 22.5 Å². The third kappa shape index (κ3) is 9.04. The van der Waals surface area contributed by atoms with Crippen LogP contribution in [0.2, 0.25) is 0 Å². The van der Waals surface area contributed by atoms with E-state index in [1.165, 1.54) is 126 Å². The third-order valence-corrected chi connectivity index (χ3v) is 15.5. The Bertz CT molecular complexity index is 2500. The number of unbranched alkanes of at least 4 members (excludes halogenated alkanes) is 4. The van der Waals surface area contributed by atoms with E-state index in [9.17, 15) is 19.8 Å². The Labute approximate surface area is 391 Å². The van der Waals surface area contributed by atoms with Crippen LogP contribution >= 0.6 is 0 Å². The normalized spacial score (nSPS) is 19.4. The Morgan fingerprint density at radius 2 is 0.727 bits per heavy atom. The van der Waals surface area contributed by atoms with Gasteiger partial charge in [0.05, 0.1) is 22.3 Å². The summed E-state index contributed by atoms with van der Waals surface area (Å²) in [6, 6.07) is 36.4. The first-order valence-corrected chi connectivity index (χ1v) is 24.9. The van der Waals surface area contributed by atoms with E-state index in [4.69, 9.17) is 11.5 Å². The van der Waals surface area contributed by atoms with Crippen molar-refractivity contribution in [2.75, 3.05) is 11.5 Å². The van der Waals surface area contributed by atoms with E-state index in [2.05, 4.69) is 62.4 Å². The number of nitrogens with two attached hydrogens (primary N) is 2. The Hall–Kier alpha value is -6.14. The highest BCUT2D eigenvalue weighted by atomic mass is 16.3. The molecule has 0 bridgehead atoms. The van der Waals surface area contributed by atoms with Gasteiger partial charge in [-0.3, -0.25) is 9.59 Å². The summed E-state index contributed by atoms with van der Waals surface area (Å²) in [5.41, 5.74) is 21.6. The molecule has 340 valence electrons. The Balaban J connectivity index is 0.894. The molecule has 0 saturated heterocycles. The lowest BCUT2D eigenvalue weighted by Gasteiger charge is -2.29. The summed E-state index contributed by atoms with van der Waals surface area (Å²) < 4.78 is 0. The number of carbonyl (C=O) groups excluding carboxylic acids is 2. The first-order valence-electron chi connectivity index (χ1n) is 24.9. The number of anilines is 2. The van der Waals surface area contributed by atoms with E-state index >= 15 is 0 Å². The van der Waals surface area contributed by atoms with Crippen LogP contribution in [0.25, 0.3) is 44.5 Å². The van der Waals surface area contributed by atoms with Crippen molar-refractivity contribution in [3.05, 3.63) is 143 Å². The van der Waals surface area contributed by atoms with Crippen molar-refractivity contribution in [2.45, 2.75) is 128 Å². The topological polar surface area (TPSA) is 127 Å². The van der Waals surface area contributed by atoms with Crippen molar-refractivity contribution in [2.24, 2.45) is 11.8 Å². The van der Waals surface area contributed by atoms with Gasteiger partial charge in [-0.15, -0.1) is 0 Å². The number of hydrogen-bond donors (Lipinski definition) is 4. The fourth-order valence-corrected chi connectivity index (χ4v) is 11.5. The maximum atomic E-state index is 14.3. The lowest BCUT2D eigenvalue weighted by atomic mass is 9.77. The number of nitrogen functional groups attached to an aromatic ring is 2. The molecule has 0 aliphatic heterocycles. The Kier molecular flexibility index (Phi) is 13.5. The van der Waals surface area contributed by atoms with E-state index in [1.54, 1.807) is 0 Å². The van der Waals surface area contributed by atoms with Crippen LogP contribution in [0, 0.1) is 11.8 Å². The van der Waals surface area contributed by atoms with Crippen molar-refractivity contribution in [3.63, 3.8) is 0 Å². The van der Waals surface area contributed by atoms with E-state index < -0.39 is 11.6 Å². The number of fused-ring (bicyclic) bond motifs is 2. The average Bonchev–Trinajstić information content (AvgIpc) is 3.35. The highest BCUT2D eigenvalue weighted by Crippen LogP contribution is 2.48. The fraction of sp³-hybridized carbons (Fsp3) is 0.367. The summed E-state index contributed by atoms with van der Waals surface area (Å²) in [6.45, 7) is 4.55. The fourth-order valence-electron chi connectivity index (χ4n) is 11.5. The molecule has 6 aromatic rings. The molecule has 3 aliphatic rings. The first-order chi connectivity index (χ1) is 32.1. The van der Waals surface area contributed by atoms with Crippen LogP contribution in [-0.2, 0) is 0 Å². The van der Waals surface area contributed by atoms with Gasteiger partial charge < -0.3 is 21.7 Å². The van der Waals surface area contributed by atoms with Crippen LogP contribution in [-0.4, -0.2) is 21.8 Å². The molecule has 6 N–H and O–H groups in total. The van der Waals surface area contributed by atoms with Crippen molar-refractivity contribution < 1.29 is 19.8 Å². The molecule has 2 fully saturated rings. The number of benzene rings is 6. The second-order valence-corrected chi connectivity index (χ2v) is 19.7. The van der Waals surface area contributed by atoms with Crippen molar-refractivity contribution in [1.82, 2.24) is 0 Å². The van der Waals surface area contributed by atoms with Crippen LogP contribution in [0.1, 0.15) is 171 Å². The molecule has 6 heteroatoms. The number of rotatable bonds is 14. The average molecular weight is 879 g/mol. The first kappa shape index (κ1) is 45.0. The molecule has 0 radical (unpaired) electrons. The summed E-state index contributed by atoms with van der Waals surface area (Å²) >= 11 is 0. The van der Waals surface area contributed by atoms with Crippen LogP contribution in [0.5, 0.6) is 11.5 Å². The van der Waals surface area contributed by atoms with Gasteiger partial charge in [0.1, 0.15) is 11.5 Å². The minimum absolute atomic E-state index is 0.0327. The van der Waals surface area contributed by atoms with E-state index in [0.717, 1.165) is 34.1 Å². The summed E-state index contributed by atoms with van der Waals surface area (Å²) in [5.74, 6) is 0.983. The standard InChI is InChI=1S/C60H66N2O4/c1-3-5-7-9-37-11-15-39(16-12-37)41-19-23-43(24-20-41)45-27-31-47(32-28-45)49-35-51(61)53-55(57(49)63)59(65)54-52(62)36-50(58(64)56(54)60(53)66)48-33-29-46(30-34-48)44-25-21-42(22-26-44)40-17-13-38(14-18-40)10-8-6-4-2/h19-40,63-64H,3-18,61-62H2,1-2H3. The summed E-state index contributed by atoms with van der Waals surface area (Å²) in [6.07, 6.45) is 21.1. The molecule has 6 nitrogen and oxygen atoms in total. The predicted molar refractivity (Wildman–Crippen MR) is 271 cm³/mol. The molecule has 3 aliphatic carbocycles. The van der Waals surface area contributed by atoms with Crippen LogP contribution in [0.4, 0.5) is 11.4 Å². The van der Waals surface area contributed by atoms with Gasteiger partial charge in [-0.2, -0.15) is 0 Å². The van der Waals surface area contributed by atoms with Crippen LogP contribution in [0.15, 0.2) is 109 Å². The molecule has 0 amide bonds. The highest BCUT2D eigenvalue weighted by molar-refractivity contribution is 6.34. The van der Waals surface area contributed by atoms with E-state index in [1.807, 2.05) is 48.5 Å². The van der Waals surface area contributed by atoms with Crippen molar-refractivity contribution >= 4 is 22.9 Å². The lowest BCUT2D eigenvalue weighted by molar-refractivity contribution is 0.0975. The van der Waals surface area contributed by atoms with Gasteiger partial charge in [0.15, 0.2) is 0 Å². The Morgan fingerprint density at radius 1 is 0.424 bits per heavy atom. The van der Waals surface area contributed by atoms with Gasteiger partial charge in [-0.25, -0.2) is 0 Å². The second kappa shape index (κ2) is 19.8. The smallest absolute Gasteiger partial charge is 0.200 e. The van der Waals surface area contributed by atoms with Crippen LogP contribution in [0.3, 0.4) is 0 Å². The van der Waals surface area contributed by atoms with Gasteiger partial charge in [-0.1, -0.05) is 162 Å². The zero-order valence-corrected chi connectivity index (χ0v) is 38.9. The monoisotopic (exact) mass is 879 g/mol. The number of phenols is 2. The van der Waals surface area contributed by atoms with Gasteiger partial charge in [0.2, 0.25) is 11.6 Å². The number of phenolic OH excluding ortho intramolecular Hbond substituents is 2. The Morgan fingerprint density at radius 3 is 1.05 bits per heavy atom. The van der Waals surface area contributed by atoms with E-state index in [-0.39, 0.29) is 45.1 Å². The number of carbonyl (C=O) groups is 2. The summed E-state index contributed by atoms with van der Waals surface area (Å²) in [7, 11) is 0. The highest BCUT2D eigenvalue weighted by Gasteiger charge is 2.39. The van der Waals surface area contributed by atoms with Gasteiger partial charge in [-0.05, 0) is 132 Å². The molecule has 6 aromatic carbocycles. The quantitative estimate of drug-likeness (QED) is 0.0490. The minimum Gasteiger partial charge on any atom is -0.506 e. The summed E-state index contributed by atoms with van der Waals surface area (Å²) in [5, 5.41) is 23.5. The molecule has 0 heterocycles. The number of ketones is 2. The largest absolute Gasteiger partial charge is 0.506 e. The number of hydrogen-bond acceptors (Lipinski definition) is 6. The molecule has 0 aromatic heterocycles. The predicted octanol–water partition coefficient (Wildman–Crippen LogP) is 15.4. The zero-order chi connectivity index (χ0) is 45.9. The molecule has 2 saturated carbocycles. The molecule has 0 atom stereocenters. The maximum absolute atomic E-state index is 14.3. The molecule has 66 heavy (non-hydrogen) atoms.